The average Bonchev–Trinajstić information content (AvgIpc) is 2.98. The first kappa shape index (κ1) is 14.0. The summed E-state index contributed by atoms with van der Waals surface area (Å²) in [5, 5.41) is 1.80. The number of nitrogens with zero attached hydrogens (tertiary/aromatic N) is 1. The summed E-state index contributed by atoms with van der Waals surface area (Å²) < 4.78 is 26.7. The van der Waals surface area contributed by atoms with Crippen LogP contribution in [0.15, 0.2) is 16.3 Å². The van der Waals surface area contributed by atoms with Crippen molar-refractivity contribution < 1.29 is 8.42 Å². The van der Waals surface area contributed by atoms with E-state index in [0.717, 1.165) is 11.3 Å². The van der Waals surface area contributed by atoms with Crippen LogP contribution in [0.5, 0.6) is 0 Å². The van der Waals surface area contributed by atoms with Gasteiger partial charge in [0.15, 0.2) is 0 Å². The lowest BCUT2D eigenvalue weighted by Gasteiger charge is -2.18. The SMILES string of the molecule is CC(C)C1CCN(S(=O)(=O)c2ccsc2CN)C1. The van der Waals surface area contributed by atoms with Crippen LogP contribution in [0.2, 0.25) is 0 Å². The van der Waals surface area contributed by atoms with Gasteiger partial charge in [0.1, 0.15) is 0 Å². The molecule has 1 aliphatic rings. The highest BCUT2D eigenvalue weighted by Crippen LogP contribution is 2.31. The topological polar surface area (TPSA) is 63.4 Å². The molecule has 0 aliphatic carbocycles. The van der Waals surface area contributed by atoms with Crippen molar-refractivity contribution in [2.75, 3.05) is 13.1 Å². The van der Waals surface area contributed by atoms with Gasteiger partial charge in [0.05, 0.1) is 4.90 Å². The summed E-state index contributed by atoms with van der Waals surface area (Å²) in [7, 11) is -3.34. The van der Waals surface area contributed by atoms with E-state index in [1.165, 1.54) is 11.3 Å². The zero-order valence-electron chi connectivity index (χ0n) is 10.8. The molecule has 0 radical (unpaired) electrons. The van der Waals surface area contributed by atoms with Crippen molar-refractivity contribution in [3.05, 3.63) is 16.3 Å². The lowest BCUT2D eigenvalue weighted by atomic mass is 9.96. The van der Waals surface area contributed by atoms with Gasteiger partial charge >= 0.3 is 0 Å². The summed E-state index contributed by atoms with van der Waals surface area (Å²) in [5.74, 6) is 1.00. The number of sulfonamides is 1. The van der Waals surface area contributed by atoms with Gasteiger partial charge in [-0.05, 0) is 29.7 Å². The Labute approximate surface area is 113 Å². The van der Waals surface area contributed by atoms with E-state index in [1.54, 1.807) is 15.8 Å². The first-order valence-electron chi connectivity index (χ1n) is 6.23. The summed E-state index contributed by atoms with van der Waals surface area (Å²) in [5.41, 5.74) is 5.59. The van der Waals surface area contributed by atoms with Gasteiger partial charge < -0.3 is 5.73 Å². The third-order valence-corrected chi connectivity index (χ3v) is 6.66. The smallest absolute Gasteiger partial charge is 0.244 e. The second-order valence-electron chi connectivity index (χ2n) is 5.07. The van der Waals surface area contributed by atoms with Crippen molar-refractivity contribution in [2.24, 2.45) is 17.6 Å². The monoisotopic (exact) mass is 288 g/mol. The van der Waals surface area contributed by atoms with Gasteiger partial charge in [0.2, 0.25) is 10.0 Å². The lowest BCUT2D eigenvalue weighted by molar-refractivity contribution is 0.388. The molecule has 0 saturated carbocycles. The summed E-state index contributed by atoms with van der Waals surface area (Å²) in [4.78, 5) is 1.16. The molecular weight excluding hydrogens is 268 g/mol. The van der Waals surface area contributed by atoms with E-state index >= 15 is 0 Å². The minimum absolute atomic E-state index is 0.285. The third kappa shape index (κ3) is 2.47. The molecule has 0 amide bonds. The quantitative estimate of drug-likeness (QED) is 0.920. The maximum atomic E-state index is 12.5. The maximum absolute atomic E-state index is 12.5. The van der Waals surface area contributed by atoms with Gasteiger partial charge in [-0.2, -0.15) is 4.31 Å². The van der Waals surface area contributed by atoms with Crippen LogP contribution >= 0.6 is 11.3 Å². The summed E-state index contributed by atoms with van der Waals surface area (Å²) >= 11 is 1.41. The fraction of sp³-hybridized carbons (Fsp3) is 0.667. The Kier molecular flexibility index (Phi) is 4.11. The van der Waals surface area contributed by atoms with Crippen LogP contribution in [0.25, 0.3) is 0 Å². The molecule has 1 unspecified atom stereocenters. The zero-order chi connectivity index (χ0) is 13.3. The molecule has 18 heavy (non-hydrogen) atoms. The highest BCUT2D eigenvalue weighted by molar-refractivity contribution is 7.89. The molecule has 1 aromatic rings. The van der Waals surface area contributed by atoms with Crippen LogP contribution in [-0.2, 0) is 16.6 Å². The van der Waals surface area contributed by atoms with Crippen LogP contribution in [0, 0.1) is 11.8 Å². The number of hydrogen-bond acceptors (Lipinski definition) is 4. The largest absolute Gasteiger partial charge is 0.326 e. The van der Waals surface area contributed by atoms with Crippen molar-refractivity contribution in [3.8, 4) is 0 Å². The van der Waals surface area contributed by atoms with E-state index in [2.05, 4.69) is 13.8 Å². The van der Waals surface area contributed by atoms with Crippen molar-refractivity contribution in [2.45, 2.75) is 31.7 Å². The Bertz CT molecular complexity index is 508. The molecule has 2 heterocycles. The van der Waals surface area contributed by atoms with Crippen LogP contribution in [0.4, 0.5) is 0 Å². The molecule has 1 fully saturated rings. The van der Waals surface area contributed by atoms with Crippen molar-refractivity contribution in [1.29, 1.82) is 0 Å². The molecule has 6 heteroatoms. The number of rotatable bonds is 4. The van der Waals surface area contributed by atoms with Crippen molar-refractivity contribution in [1.82, 2.24) is 4.31 Å². The van der Waals surface area contributed by atoms with E-state index in [4.69, 9.17) is 5.73 Å². The normalized spacial score (nSPS) is 21.9. The van der Waals surface area contributed by atoms with E-state index in [9.17, 15) is 8.42 Å². The van der Waals surface area contributed by atoms with Crippen LogP contribution in [0.1, 0.15) is 25.1 Å². The molecule has 0 spiro atoms. The van der Waals surface area contributed by atoms with Gasteiger partial charge in [-0.15, -0.1) is 11.3 Å². The van der Waals surface area contributed by atoms with Gasteiger partial charge in [-0.1, -0.05) is 13.8 Å². The predicted octanol–water partition coefficient (Wildman–Crippen LogP) is 1.87. The van der Waals surface area contributed by atoms with E-state index in [-0.39, 0.29) is 6.54 Å². The molecule has 0 bridgehead atoms. The molecule has 1 saturated heterocycles. The maximum Gasteiger partial charge on any atom is 0.244 e. The number of nitrogens with two attached hydrogens (primary N) is 1. The molecule has 1 atom stereocenters. The molecule has 2 N–H and O–H groups in total. The summed E-state index contributed by atoms with van der Waals surface area (Å²) in [6, 6.07) is 1.67. The minimum atomic E-state index is -3.34. The Morgan fingerprint density at radius 1 is 1.56 bits per heavy atom. The van der Waals surface area contributed by atoms with Crippen molar-refractivity contribution in [3.63, 3.8) is 0 Å². The molecule has 102 valence electrons. The highest BCUT2D eigenvalue weighted by atomic mass is 32.2. The number of thiophene rings is 1. The van der Waals surface area contributed by atoms with E-state index in [0.29, 0.717) is 29.8 Å². The first-order chi connectivity index (χ1) is 8.46. The van der Waals surface area contributed by atoms with Crippen molar-refractivity contribution >= 4 is 21.4 Å². The fourth-order valence-corrected chi connectivity index (χ4v) is 5.18. The van der Waals surface area contributed by atoms with E-state index in [1.807, 2.05) is 0 Å². The third-order valence-electron chi connectivity index (χ3n) is 3.64. The second kappa shape index (κ2) is 5.28. The highest BCUT2D eigenvalue weighted by Gasteiger charge is 2.34. The van der Waals surface area contributed by atoms with Crippen LogP contribution in [-0.4, -0.2) is 25.8 Å². The molecule has 2 rings (SSSR count). The van der Waals surface area contributed by atoms with Crippen LogP contribution < -0.4 is 5.73 Å². The Morgan fingerprint density at radius 3 is 2.83 bits per heavy atom. The molecule has 1 aromatic heterocycles. The molecule has 1 aliphatic heterocycles. The van der Waals surface area contributed by atoms with Gasteiger partial charge in [-0.25, -0.2) is 8.42 Å². The fourth-order valence-electron chi connectivity index (χ4n) is 2.36. The summed E-state index contributed by atoms with van der Waals surface area (Å²) in [6.45, 7) is 5.85. The van der Waals surface area contributed by atoms with Gasteiger partial charge in [0.25, 0.3) is 0 Å². The number of hydrogen-bond donors (Lipinski definition) is 1. The second-order valence-corrected chi connectivity index (χ2v) is 7.98. The predicted molar refractivity (Wildman–Crippen MR) is 73.9 cm³/mol. The first-order valence-corrected chi connectivity index (χ1v) is 8.55. The minimum Gasteiger partial charge on any atom is -0.326 e. The van der Waals surface area contributed by atoms with E-state index < -0.39 is 10.0 Å². The average molecular weight is 288 g/mol. The van der Waals surface area contributed by atoms with Gasteiger partial charge in [-0.3, -0.25) is 0 Å². The zero-order valence-corrected chi connectivity index (χ0v) is 12.4. The molecule has 4 nitrogen and oxygen atoms in total. The van der Waals surface area contributed by atoms with Crippen LogP contribution in [0.3, 0.4) is 0 Å². The Morgan fingerprint density at radius 2 is 2.28 bits per heavy atom. The summed E-state index contributed by atoms with van der Waals surface area (Å²) in [6.07, 6.45) is 0.957. The standard InChI is InChI=1S/C12H20N2O2S2/c1-9(2)10-3-5-14(8-10)18(15,16)12-4-6-17-11(12)7-13/h4,6,9-10H,3,5,7-8,13H2,1-2H3. The Hall–Kier alpha value is -0.430. The van der Waals surface area contributed by atoms with Gasteiger partial charge in [0, 0.05) is 24.5 Å². The molecular formula is C12H20N2O2S2. The molecule has 0 aromatic carbocycles. The lowest BCUT2D eigenvalue weighted by Crippen LogP contribution is -2.30. The Balaban J connectivity index is 2.23.